The zero-order valence-corrected chi connectivity index (χ0v) is 14.4. The third-order valence-electron chi connectivity index (χ3n) is 3.20. The van der Waals surface area contributed by atoms with Crippen LogP contribution in [0.4, 0.5) is 5.69 Å². The number of hydrogen-bond acceptors (Lipinski definition) is 3. The predicted octanol–water partition coefficient (Wildman–Crippen LogP) is 3.84. The molecule has 1 heterocycles. The van der Waals surface area contributed by atoms with Crippen LogP contribution in [-0.4, -0.2) is 17.6 Å². The van der Waals surface area contributed by atoms with E-state index in [0.717, 1.165) is 0 Å². The second kappa shape index (κ2) is 9.87. The van der Waals surface area contributed by atoms with Crippen LogP contribution in [0.3, 0.4) is 0 Å². The molecule has 4 nitrogen and oxygen atoms in total. The highest BCUT2D eigenvalue weighted by atomic mass is 16.2. The molecule has 1 aliphatic heterocycles. The van der Waals surface area contributed by atoms with Crippen molar-refractivity contribution >= 4 is 23.3 Å². The Balaban J connectivity index is 0.000000470. The largest absolute Gasteiger partial charge is 0.300 e. The molecule has 0 saturated carbocycles. The molecule has 0 aromatic heterocycles. The third kappa shape index (κ3) is 5.80. The molecule has 0 bridgehead atoms. The summed E-state index contributed by atoms with van der Waals surface area (Å²) >= 11 is 0. The summed E-state index contributed by atoms with van der Waals surface area (Å²) in [5, 5.41) is 0. The molecule has 1 aromatic rings. The summed E-state index contributed by atoms with van der Waals surface area (Å²) in [7, 11) is 0. The number of rotatable bonds is 2. The highest BCUT2D eigenvalue weighted by Crippen LogP contribution is 2.25. The fourth-order valence-electron chi connectivity index (χ4n) is 1.63. The Morgan fingerprint density at radius 3 is 1.91 bits per heavy atom. The summed E-state index contributed by atoms with van der Waals surface area (Å²) in [6.45, 7) is 11.2. The van der Waals surface area contributed by atoms with Gasteiger partial charge in [-0.15, -0.1) is 0 Å². The Labute approximate surface area is 133 Å². The summed E-state index contributed by atoms with van der Waals surface area (Å²) < 4.78 is 0. The zero-order chi connectivity index (χ0) is 17.3. The number of nitrogens with zero attached hydrogens (tertiary/aromatic N) is 1. The van der Waals surface area contributed by atoms with E-state index in [4.69, 9.17) is 0 Å². The SMILES string of the molecule is CC.CC(=O)C(C)C.CC1CC(=O)N(c2ccccc2)C1=O. The van der Waals surface area contributed by atoms with E-state index in [9.17, 15) is 14.4 Å². The molecule has 1 atom stereocenters. The molecule has 1 fully saturated rings. The van der Waals surface area contributed by atoms with Crippen LogP contribution < -0.4 is 4.90 Å². The van der Waals surface area contributed by atoms with Crippen molar-refractivity contribution in [2.75, 3.05) is 4.90 Å². The van der Waals surface area contributed by atoms with Crippen LogP contribution >= 0.6 is 0 Å². The van der Waals surface area contributed by atoms with Gasteiger partial charge in [0.25, 0.3) is 0 Å². The second-order valence-corrected chi connectivity index (χ2v) is 5.27. The van der Waals surface area contributed by atoms with Gasteiger partial charge >= 0.3 is 0 Å². The van der Waals surface area contributed by atoms with E-state index < -0.39 is 0 Å². The Bertz CT molecular complexity index is 494. The molecule has 22 heavy (non-hydrogen) atoms. The number of para-hydroxylation sites is 1. The lowest BCUT2D eigenvalue weighted by molar-refractivity contribution is -0.122. The number of Topliss-reactive ketones (excluding diaryl/α,β-unsaturated/α-hetero) is 1. The van der Waals surface area contributed by atoms with E-state index in [2.05, 4.69) is 0 Å². The minimum atomic E-state index is -0.178. The molecule has 0 radical (unpaired) electrons. The summed E-state index contributed by atoms with van der Waals surface area (Å²) in [6, 6.07) is 9.04. The highest BCUT2D eigenvalue weighted by molar-refractivity contribution is 6.20. The molecule has 122 valence electrons. The van der Waals surface area contributed by atoms with Crippen LogP contribution in [0.15, 0.2) is 30.3 Å². The summed E-state index contributed by atoms with van der Waals surface area (Å²) in [4.78, 5) is 34.5. The van der Waals surface area contributed by atoms with Crippen molar-refractivity contribution in [3.63, 3.8) is 0 Å². The Kier molecular flexibility index (Phi) is 8.99. The van der Waals surface area contributed by atoms with Crippen molar-refractivity contribution in [2.24, 2.45) is 11.8 Å². The number of carbonyl (C=O) groups excluding carboxylic acids is 3. The number of carbonyl (C=O) groups is 3. The minimum Gasteiger partial charge on any atom is -0.300 e. The first kappa shape index (κ1) is 20.0. The van der Waals surface area contributed by atoms with Crippen molar-refractivity contribution in [2.45, 2.75) is 48.0 Å². The van der Waals surface area contributed by atoms with E-state index in [1.165, 1.54) is 4.90 Å². The number of hydrogen-bond donors (Lipinski definition) is 0. The van der Waals surface area contributed by atoms with Crippen LogP contribution in [0.2, 0.25) is 0 Å². The molecule has 2 rings (SSSR count). The van der Waals surface area contributed by atoms with Gasteiger partial charge in [-0.2, -0.15) is 0 Å². The lowest BCUT2D eigenvalue weighted by Crippen LogP contribution is -2.29. The molecular weight excluding hydrogens is 278 g/mol. The fourth-order valence-corrected chi connectivity index (χ4v) is 1.63. The molecule has 4 heteroatoms. The van der Waals surface area contributed by atoms with Crippen molar-refractivity contribution in [3.05, 3.63) is 30.3 Å². The average Bonchev–Trinajstić information content (AvgIpc) is 2.75. The van der Waals surface area contributed by atoms with Gasteiger partial charge in [-0.3, -0.25) is 19.3 Å². The van der Waals surface area contributed by atoms with Gasteiger partial charge in [0.15, 0.2) is 0 Å². The summed E-state index contributed by atoms with van der Waals surface area (Å²) in [5.41, 5.74) is 0.673. The van der Waals surface area contributed by atoms with Gasteiger partial charge in [0, 0.05) is 18.3 Å². The van der Waals surface area contributed by atoms with Gasteiger partial charge in [-0.1, -0.05) is 52.8 Å². The normalized spacial score (nSPS) is 16.7. The van der Waals surface area contributed by atoms with Crippen LogP contribution in [0.1, 0.15) is 48.0 Å². The fraction of sp³-hybridized carbons (Fsp3) is 0.500. The molecule has 1 aromatic carbocycles. The van der Waals surface area contributed by atoms with Crippen LogP contribution in [0, 0.1) is 11.8 Å². The van der Waals surface area contributed by atoms with Crippen molar-refractivity contribution < 1.29 is 14.4 Å². The molecule has 1 aliphatic rings. The van der Waals surface area contributed by atoms with Crippen molar-refractivity contribution in [1.82, 2.24) is 0 Å². The first-order chi connectivity index (χ1) is 10.3. The number of imide groups is 1. The lowest BCUT2D eigenvalue weighted by Gasteiger charge is -2.13. The number of anilines is 1. The Morgan fingerprint density at radius 2 is 1.59 bits per heavy atom. The lowest BCUT2D eigenvalue weighted by atomic mass is 10.1. The first-order valence-corrected chi connectivity index (χ1v) is 7.77. The molecular formula is C18H27NO3. The highest BCUT2D eigenvalue weighted by Gasteiger charge is 2.36. The third-order valence-corrected chi connectivity index (χ3v) is 3.20. The quantitative estimate of drug-likeness (QED) is 0.780. The number of benzene rings is 1. The van der Waals surface area contributed by atoms with E-state index >= 15 is 0 Å². The summed E-state index contributed by atoms with van der Waals surface area (Å²) in [5.74, 6) is 0.0950. The molecule has 2 amide bonds. The maximum absolute atomic E-state index is 11.6. The minimum absolute atomic E-state index is 0.0961. The van der Waals surface area contributed by atoms with Gasteiger partial charge < -0.3 is 0 Å². The van der Waals surface area contributed by atoms with Gasteiger partial charge in [0.05, 0.1) is 5.69 Å². The van der Waals surface area contributed by atoms with E-state index in [1.54, 1.807) is 26.0 Å². The maximum atomic E-state index is 11.6. The molecule has 0 aliphatic carbocycles. The standard InChI is InChI=1S/C11H11NO2.C5H10O.C2H6/c1-8-7-10(13)12(11(8)14)9-5-3-2-4-6-9;1-4(2)5(3)6;1-2/h2-6,8H,7H2,1H3;4H,1-3H3;1-2H3. The van der Waals surface area contributed by atoms with Crippen LogP contribution in [0.25, 0.3) is 0 Å². The van der Waals surface area contributed by atoms with E-state index in [-0.39, 0.29) is 29.4 Å². The van der Waals surface area contributed by atoms with Gasteiger partial charge in [0.2, 0.25) is 11.8 Å². The smallest absolute Gasteiger partial charge is 0.237 e. The monoisotopic (exact) mass is 305 g/mol. The van der Waals surface area contributed by atoms with Crippen LogP contribution in [0.5, 0.6) is 0 Å². The second-order valence-electron chi connectivity index (χ2n) is 5.27. The molecule has 1 saturated heterocycles. The van der Waals surface area contributed by atoms with Gasteiger partial charge in [-0.05, 0) is 19.1 Å². The van der Waals surface area contributed by atoms with Crippen molar-refractivity contribution in [1.29, 1.82) is 0 Å². The van der Waals surface area contributed by atoms with E-state index in [0.29, 0.717) is 12.1 Å². The molecule has 1 unspecified atom stereocenters. The Morgan fingerprint density at radius 1 is 1.14 bits per heavy atom. The average molecular weight is 305 g/mol. The van der Waals surface area contributed by atoms with Gasteiger partial charge in [0.1, 0.15) is 5.78 Å². The molecule has 0 spiro atoms. The maximum Gasteiger partial charge on any atom is 0.237 e. The topological polar surface area (TPSA) is 54.5 Å². The number of amides is 2. The van der Waals surface area contributed by atoms with Crippen LogP contribution in [-0.2, 0) is 14.4 Å². The molecule has 0 N–H and O–H groups in total. The number of ketones is 1. The predicted molar refractivity (Wildman–Crippen MR) is 89.6 cm³/mol. The van der Waals surface area contributed by atoms with Crippen molar-refractivity contribution in [3.8, 4) is 0 Å². The van der Waals surface area contributed by atoms with Gasteiger partial charge in [-0.25, -0.2) is 0 Å². The zero-order valence-electron chi connectivity index (χ0n) is 14.4. The summed E-state index contributed by atoms with van der Waals surface area (Å²) in [6.07, 6.45) is 0.327. The first-order valence-electron chi connectivity index (χ1n) is 7.77. The Hall–Kier alpha value is -1.97. The van der Waals surface area contributed by atoms with E-state index in [1.807, 2.05) is 45.9 Å².